The van der Waals surface area contributed by atoms with Crippen LogP contribution in [0.15, 0.2) is 17.5 Å². The first-order valence-electron chi connectivity index (χ1n) is 4.54. The van der Waals surface area contributed by atoms with Gasteiger partial charge in [0.1, 0.15) is 0 Å². The summed E-state index contributed by atoms with van der Waals surface area (Å²) in [5.41, 5.74) is 0. The van der Waals surface area contributed by atoms with Gasteiger partial charge in [0.05, 0.1) is 17.6 Å². The van der Waals surface area contributed by atoms with Crippen molar-refractivity contribution in [2.45, 2.75) is 19.9 Å². The summed E-state index contributed by atoms with van der Waals surface area (Å²) in [6, 6.07) is 4.33. The molecule has 0 bridgehead atoms. The van der Waals surface area contributed by atoms with E-state index in [0.717, 1.165) is 0 Å². The van der Waals surface area contributed by atoms with E-state index in [1.165, 1.54) is 5.00 Å². The highest BCUT2D eigenvalue weighted by Gasteiger charge is 2.18. The highest BCUT2D eigenvalue weighted by atomic mass is 32.1. The number of hydrogen-bond acceptors (Lipinski definition) is 3. The maximum atomic E-state index is 9.23. The maximum absolute atomic E-state index is 9.23. The van der Waals surface area contributed by atoms with Gasteiger partial charge < -0.3 is 10.0 Å². The Kier molecular flexibility index (Phi) is 3.75. The zero-order valence-corrected chi connectivity index (χ0v) is 9.21. The summed E-state index contributed by atoms with van der Waals surface area (Å²) in [4.78, 5) is 2.15. The third kappa shape index (κ3) is 2.45. The second-order valence-corrected chi connectivity index (χ2v) is 4.48. The number of nitrogens with zero attached hydrogens (tertiary/aromatic N) is 1. The van der Waals surface area contributed by atoms with Gasteiger partial charge in [-0.1, -0.05) is 13.8 Å². The van der Waals surface area contributed by atoms with E-state index >= 15 is 0 Å². The third-order valence-corrected chi connectivity index (χ3v) is 3.27. The Morgan fingerprint density at radius 1 is 1.54 bits per heavy atom. The fraction of sp³-hybridized carbons (Fsp3) is 0.600. The Labute approximate surface area is 83.8 Å². The molecule has 1 aromatic heterocycles. The van der Waals surface area contributed by atoms with Crippen molar-refractivity contribution in [3.8, 4) is 0 Å². The van der Waals surface area contributed by atoms with Gasteiger partial charge in [-0.3, -0.25) is 0 Å². The minimum atomic E-state index is 0.214. The van der Waals surface area contributed by atoms with Crippen molar-refractivity contribution in [3.05, 3.63) is 17.5 Å². The first kappa shape index (κ1) is 10.5. The topological polar surface area (TPSA) is 23.5 Å². The van der Waals surface area contributed by atoms with Crippen LogP contribution in [-0.2, 0) is 0 Å². The van der Waals surface area contributed by atoms with E-state index in [-0.39, 0.29) is 12.6 Å². The van der Waals surface area contributed by atoms with Crippen LogP contribution in [0.4, 0.5) is 5.00 Å². The summed E-state index contributed by atoms with van der Waals surface area (Å²) in [6.07, 6.45) is 0. The summed E-state index contributed by atoms with van der Waals surface area (Å²) < 4.78 is 0. The van der Waals surface area contributed by atoms with E-state index in [1.807, 2.05) is 13.1 Å². The molecule has 1 heterocycles. The minimum Gasteiger partial charge on any atom is -0.394 e. The summed E-state index contributed by atoms with van der Waals surface area (Å²) >= 11 is 1.71. The molecule has 2 nitrogen and oxygen atoms in total. The molecule has 0 aliphatic carbocycles. The number of hydrogen-bond donors (Lipinski definition) is 1. The lowest BCUT2D eigenvalue weighted by Crippen LogP contribution is -2.38. The molecule has 1 rings (SSSR count). The summed E-state index contributed by atoms with van der Waals surface area (Å²) in [6.45, 7) is 4.47. The first-order valence-corrected chi connectivity index (χ1v) is 5.42. The summed E-state index contributed by atoms with van der Waals surface area (Å²) in [5, 5.41) is 12.5. The Balaban J connectivity index is 2.70. The standard InChI is InChI=1S/C10H17NOS/c1-8(2)9(7-12)11(3)10-5-4-6-13-10/h4-6,8-9,12H,7H2,1-3H3. The molecule has 0 radical (unpaired) electrons. The molecule has 0 saturated heterocycles. The van der Waals surface area contributed by atoms with Crippen molar-refractivity contribution in [2.75, 3.05) is 18.6 Å². The second-order valence-electron chi connectivity index (χ2n) is 3.56. The van der Waals surface area contributed by atoms with E-state index in [9.17, 15) is 5.11 Å². The molecule has 0 spiro atoms. The van der Waals surface area contributed by atoms with E-state index in [1.54, 1.807) is 11.3 Å². The van der Waals surface area contributed by atoms with Crippen molar-refractivity contribution in [3.63, 3.8) is 0 Å². The average Bonchev–Trinajstić information content (AvgIpc) is 2.56. The second kappa shape index (κ2) is 4.63. The zero-order valence-electron chi connectivity index (χ0n) is 8.40. The maximum Gasteiger partial charge on any atom is 0.0909 e. The van der Waals surface area contributed by atoms with Crippen LogP contribution in [0.3, 0.4) is 0 Å². The Morgan fingerprint density at radius 2 is 2.23 bits per heavy atom. The molecule has 74 valence electrons. The molecule has 3 heteroatoms. The first-order chi connectivity index (χ1) is 6.16. The molecule has 1 atom stereocenters. The predicted molar refractivity (Wildman–Crippen MR) is 58.4 cm³/mol. The lowest BCUT2D eigenvalue weighted by atomic mass is 10.0. The van der Waals surface area contributed by atoms with Crippen LogP contribution in [0.5, 0.6) is 0 Å². The fourth-order valence-corrected chi connectivity index (χ4v) is 2.17. The molecule has 0 amide bonds. The Bertz CT molecular complexity index is 233. The van der Waals surface area contributed by atoms with Crippen LogP contribution < -0.4 is 4.90 Å². The number of likely N-dealkylation sites (N-methyl/N-ethyl adjacent to an activating group) is 1. The van der Waals surface area contributed by atoms with Crippen molar-refractivity contribution in [1.82, 2.24) is 0 Å². The molecule has 13 heavy (non-hydrogen) atoms. The van der Waals surface area contributed by atoms with Gasteiger partial charge >= 0.3 is 0 Å². The lowest BCUT2D eigenvalue weighted by molar-refractivity contribution is 0.234. The monoisotopic (exact) mass is 199 g/mol. The van der Waals surface area contributed by atoms with Crippen molar-refractivity contribution < 1.29 is 5.11 Å². The number of anilines is 1. The zero-order chi connectivity index (χ0) is 9.84. The van der Waals surface area contributed by atoms with E-state index in [0.29, 0.717) is 5.92 Å². The van der Waals surface area contributed by atoms with Gasteiger partial charge in [0.2, 0.25) is 0 Å². The van der Waals surface area contributed by atoms with Crippen molar-refractivity contribution in [2.24, 2.45) is 5.92 Å². The van der Waals surface area contributed by atoms with Crippen molar-refractivity contribution >= 4 is 16.3 Å². The minimum absolute atomic E-state index is 0.214. The summed E-state index contributed by atoms with van der Waals surface area (Å²) in [7, 11) is 2.03. The van der Waals surface area contributed by atoms with Gasteiger partial charge in [0.25, 0.3) is 0 Å². The van der Waals surface area contributed by atoms with Crippen LogP contribution >= 0.6 is 11.3 Å². The van der Waals surface area contributed by atoms with Crippen LogP contribution in [0.1, 0.15) is 13.8 Å². The molecule has 0 aliphatic heterocycles. The molecule has 0 aromatic carbocycles. The van der Waals surface area contributed by atoms with Gasteiger partial charge in [0, 0.05) is 7.05 Å². The fourth-order valence-electron chi connectivity index (χ4n) is 1.41. The van der Waals surface area contributed by atoms with Gasteiger partial charge in [-0.2, -0.15) is 0 Å². The van der Waals surface area contributed by atoms with E-state index < -0.39 is 0 Å². The van der Waals surface area contributed by atoms with E-state index in [4.69, 9.17) is 0 Å². The molecule has 1 aromatic rings. The lowest BCUT2D eigenvalue weighted by Gasteiger charge is -2.30. The molecule has 1 N–H and O–H groups in total. The highest BCUT2D eigenvalue weighted by Crippen LogP contribution is 2.23. The SMILES string of the molecule is CC(C)C(CO)N(C)c1cccs1. The normalized spacial score (nSPS) is 13.3. The van der Waals surface area contributed by atoms with Crippen LogP contribution in [-0.4, -0.2) is 24.8 Å². The highest BCUT2D eigenvalue weighted by molar-refractivity contribution is 7.14. The average molecular weight is 199 g/mol. The molecular formula is C10H17NOS. The molecule has 0 saturated carbocycles. The third-order valence-electron chi connectivity index (χ3n) is 2.31. The summed E-state index contributed by atoms with van der Waals surface area (Å²) in [5.74, 6) is 0.470. The number of aliphatic hydroxyl groups excluding tert-OH is 1. The van der Waals surface area contributed by atoms with Gasteiger partial charge in [-0.15, -0.1) is 11.3 Å². The van der Waals surface area contributed by atoms with Crippen LogP contribution in [0, 0.1) is 5.92 Å². The molecule has 1 unspecified atom stereocenters. The van der Waals surface area contributed by atoms with Gasteiger partial charge in [0.15, 0.2) is 0 Å². The van der Waals surface area contributed by atoms with Gasteiger partial charge in [-0.25, -0.2) is 0 Å². The van der Waals surface area contributed by atoms with Crippen molar-refractivity contribution in [1.29, 1.82) is 0 Å². The Hall–Kier alpha value is -0.540. The number of aliphatic hydroxyl groups is 1. The smallest absolute Gasteiger partial charge is 0.0909 e. The number of rotatable bonds is 4. The van der Waals surface area contributed by atoms with E-state index in [2.05, 4.69) is 30.2 Å². The number of thiophene rings is 1. The molecule has 0 aliphatic rings. The van der Waals surface area contributed by atoms with Crippen LogP contribution in [0.25, 0.3) is 0 Å². The Morgan fingerprint density at radius 3 is 2.62 bits per heavy atom. The van der Waals surface area contributed by atoms with Crippen LogP contribution in [0.2, 0.25) is 0 Å². The largest absolute Gasteiger partial charge is 0.394 e. The predicted octanol–water partition coefficient (Wildman–Crippen LogP) is 2.20. The molecule has 0 fully saturated rings. The van der Waals surface area contributed by atoms with Gasteiger partial charge in [-0.05, 0) is 23.4 Å². The molecular weight excluding hydrogens is 182 g/mol. The quantitative estimate of drug-likeness (QED) is 0.803.